The van der Waals surface area contributed by atoms with Crippen molar-refractivity contribution in [1.29, 1.82) is 0 Å². The Morgan fingerprint density at radius 1 is 1.08 bits per heavy atom. The Balaban J connectivity index is 1.25. The molecular formula is C38H52N6O5S2. The topological polar surface area (TPSA) is 143 Å². The highest BCUT2D eigenvalue weighted by atomic mass is 32.2. The lowest BCUT2D eigenvalue weighted by molar-refractivity contribution is -0.384. The van der Waals surface area contributed by atoms with Gasteiger partial charge in [0.2, 0.25) is 0 Å². The van der Waals surface area contributed by atoms with E-state index in [0.29, 0.717) is 11.3 Å². The van der Waals surface area contributed by atoms with Crippen molar-refractivity contribution >= 4 is 44.7 Å². The Bertz CT molecular complexity index is 1720. The number of nitro benzene ring substituents is 1. The molecule has 51 heavy (non-hydrogen) atoms. The molecule has 1 saturated heterocycles. The minimum atomic E-state index is -4.34. The number of nitrogens with one attached hydrogen (secondary N) is 1. The van der Waals surface area contributed by atoms with Gasteiger partial charge in [0.15, 0.2) is 0 Å². The number of hydrogen-bond donors (Lipinski definition) is 2. The monoisotopic (exact) mass is 736 g/mol. The van der Waals surface area contributed by atoms with Gasteiger partial charge in [0.05, 0.1) is 15.4 Å². The molecule has 0 amide bonds. The fraction of sp³-hybridized carbons (Fsp3) is 0.500. The molecule has 0 bridgehead atoms. The number of sulfonamides is 1. The summed E-state index contributed by atoms with van der Waals surface area (Å²) in [5.41, 5.74) is 7.53. The van der Waals surface area contributed by atoms with E-state index in [-0.39, 0.29) is 33.7 Å². The van der Waals surface area contributed by atoms with Crippen molar-refractivity contribution in [3.8, 4) is 0 Å². The van der Waals surface area contributed by atoms with Crippen molar-refractivity contribution in [2.24, 2.45) is 16.0 Å². The van der Waals surface area contributed by atoms with Crippen LogP contribution in [0.2, 0.25) is 0 Å². The predicted molar refractivity (Wildman–Crippen MR) is 208 cm³/mol. The molecule has 2 fully saturated rings. The number of rotatable bonds is 16. The van der Waals surface area contributed by atoms with Crippen LogP contribution < -0.4 is 16.0 Å². The standard InChI is InChI=1S/C38H52N6O5S2/c1-42(2)23-20-31(28-50-33-12-8-5-9-13-33)40-35-19-18-34(26-36(35)44(45)46)51(47,48)41-37(39)30-14-16-32(17-15-30)43-24-21-38(49-3,22-25-43)27-29-10-6-4-7-11-29/h5,8-9,12-19,26,29,31,40H,4,6-7,10-11,20-25,27-28H2,1-3H3,(H2,39,41)/t31-/m1/s1. The highest BCUT2D eigenvalue weighted by Crippen LogP contribution is 2.39. The van der Waals surface area contributed by atoms with Crippen molar-refractivity contribution in [3.05, 3.63) is 88.5 Å². The minimum Gasteiger partial charge on any atom is -0.383 e. The molecule has 3 aromatic rings. The molecule has 1 saturated carbocycles. The quantitative estimate of drug-likeness (QED) is 0.0511. The predicted octanol–water partition coefficient (Wildman–Crippen LogP) is 7.17. The van der Waals surface area contributed by atoms with Gasteiger partial charge in [0.25, 0.3) is 15.7 Å². The van der Waals surface area contributed by atoms with Gasteiger partial charge in [-0.05, 0) is 101 Å². The summed E-state index contributed by atoms with van der Waals surface area (Å²) in [5.74, 6) is 1.24. The molecule has 1 aliphatic carbocycles. The highest BCUT2D eigenvalue weighted by molar-refractivity contribution is 7.99. The zero-order valence-corrected chi connectivity index (χ0v) is 31.6. The van der Waals surface area contributed by atoms with E-state index in [1.807, 2.05) is 63.7 Å². The number of nitro groups is 1. The first-order valence-corrected chi connectivity index (χ1v) is 20.3. The van der Waals surface area contributed by atoms with Crippen LogP contribution in [0.25, 0.3) is 0 Å². The number of ether oxygens (including phenoxy) is 1. The number of benzene rings is 3. The lowest BCUT2D eigenvalue weighted by Crippen LogP contribution is -2.47. The number of nitrogens with zero attached hydrogens (tertiary/aromatic N) is 4. The molecule has 0 unspecified atom stereocenters. The van der Waals surface area contributed by atoms with Gasteiger partial charge >= 0.3 is 0 Å². The largest absolute Gasteiger partial charge is 0.383 e. The number of hydrogen-bond acceptors (Lipinski definition) is 9. The summed E-state index contributed by atoms with van der Waals surface area (Å²) in [7, 11) is 1.46. The van der Waals surface area contributed by atoms with Crippen LogP contribution in [0.4, 0.5) is 17.1 Å². The zero-order chi connectivity index (χ0) is 36.4. The second-order valence-corrected chi connectivity index (χ2v) is 16.8. The van der Waals surface area contributed by atoms with Crippen molar-refractivity contribution < 1.29 is 18.1 Å². The molecule has 2 aliphatic rings. The summed E-state index contributed by atoms with van der Waals surface area (Å²) < 4.78 is 36.7. The fourth-order valence-corrected chi connectivity index (χ4v) is 9.11. The summed E-state index contributed by atoms with van der Waals surface area (Å²) >= 11 is 1.65. The van der Waals surface area contributed by atoms with Crippen LogP contribution in [0.3, 0.4) is 0 Å². The number of amidine groups is 1. The molecule has 3 N–H and O–H groups in total. The van der Waals surface area contributed by atoms with Gasteiger partial charge in [-0.2, -0.15) is 8.42 Å². The van der Waals surface area contributed by atoms with Gasteiger partial charge < -0.3 is 25.6 Å². The molecule has 11 nitrogen and oxygen atoms in total. The van der Waals surface area contributed by atoms with Crippen molar-refractivity contribution in [2.75, 3.05) is 56.8 Å². The van der Waals surface area contributed by atoms with E-state index < -0.39 is 14.9 Å². The molecular weight excluding hydrogens is 685 g/mol. The van der Waals surface area contributed by atoms with Crippen molar-refractivity contribution in [3.63, 3.8) is 0 Å². The van der Waals surface area contributed by atoms with Gasteiger partial charge in [-0.3, -0.25) is 10.1 Å². The Morgan fingerprint density at radius 2 is 1.76 bits per heavy atom. The number of anilines is 2. The van der Waals surface area contributed by atoms with Crippen LogP contribution in [-0.4, -0.2) is 82.3 Å². The normalized spacial score (nSPS) is 17.7. The maximum atomic E-state index is 13.4. The fourth-order valence-electron chi connectivity index (χ4n) is 7.15. The summed E-state index contributed by atoms with van der Waals surface area (Å²) in [5, 5.41) is 15.5. The van der Waals surface area contributed by atoms with E-state index in [2.05, 4.69) is 19.5 Å². The van der Waals surface area contributed by atoms with E-state index in [1.54, 1.807) is 23.9 Å². The average Bonchev–Trinajstić information content (AvgIpc) is 3.13. The molecule has 1 atom stereocenters. The average molecular weight is 737 g/mol. The number of piperidine rings is 1. The molecule has 3 aromatic carbocycles. The molecule has 0 spiro atoms. The molecule has 276 valence electrons. The first-order chi connectivity index (χ1) is 24.5. The van der Waals surface area contributed by atoms with Crippen molar-refractivity contribution in [2.45, 2.75) is 79.2 Å². The van der Waals surface area contributed by atoms with E-state index in [4.69, 9.17) is 10.5 Å². The Morgan fingerprint density at radius 3 is 2.39 bits per heavy atom. The second kappa shape index (κ2) is 17.7. The third kappa shape index (κ3) is 10.7. The van der Waals surface area contributed by atoms with Crippen LogP contribution in [0, 0.1) is 16.0 Å². The molecule has 5 rings (SSSR count). The van der Waals surface area contributed by atoms with E-state index in [1.165, 1.54) is 44.2 Å². The number of nitrogens with two attached hydrogens (primary N) is 1. The number of methoxy groups -OCH3 is 1. The van der Waals surface area contributed by atoms with Crippen LogP contribution in [0.1, 0.15) is 63.4 Å². The smallest absolute Gasteiger partial charge is 0.293 e. The van der Waals surface area contributed by atoms with Crippen LogP contribution in [0.15, 0.2) is 87.0 Å². The zero-order valence-electron chi connectivity index (χ0n) is 30.0. The van der Waals surface area contributed by atoms with Gasteiger partial charge in [0.1, 0.15) is 11.5 Å². The van der Waals surface area contributed by atoms with Gasteiger partial charge in [-0.15, -0.1) is 16.2 Å². The van der Waals surface area contributed by atoms with Gasteiger partial charge in [-0.1, -0.05) is 50.3 Å². The summed E-state index contributed by atoms with van der Waals surface area (Å²) in [6, 6.07) is 21.0. The maximum absolute atomic E-state index is 13.4. The van der Waals surface area contributed by atoms with E-state index in [9.17, 15) is 18.5 Å². The summed E-state index contributed by atoms with van der Waals surface area (Å²) in [4.78, 5) is 16.8. The van der Waals surface area contributed by atoms with Gasteiger partial charge in [0, 0.05) is 54.2 Å². The molecule has 13 heteroatoms. The Hall–Kier alpha value is -3.65. The van der Waals surface area contributed by atoms with E-state index in [0.717, 1.165) is 67.9 Å². The third-order valence-electron chi connectivity index (χ3n) is 10.2. The van der Waals surface area contributed by atoms with Crippen LogP contribution >= 0.6 is 11.8 Å². The summed E-state index contributed by atoms with van der Waals surface area (Å²) in [6.45, 7) is 2.53. The third-order valence-corrected chi connectivity index (χ3v) is 12.6. The van der Waals surface area contributed by atoms with Gasteiger partial charge in [-0.25, -0.2) is 0 Å². The second-order valence-electron chi connectivity index (χ2n) is 14.1. The Labute approximate surface area is 307 Å². The lowest BCUT2D eigenvalue weighted by atomic mass is 9.77. The summed E-state index contributed by atoms with van der Waals surface area (Å²) in [6.07, 6.45) is 10.4. The van der Waals surface area contributed by atoms with Crippen molar-refractivity contribution in [1.82, 2.24) is 4.90 Å². The molecule has 1 heterocycles. The highest BCUT2D eigenvalue weighted by Gasteiger charge is 2.37. The molecule has 1 aliphatic heterocycles. The van der Waals surface area contributed by atoms with Crippen LogP contribution in [-0.2, 0) is 14.8 Å². The lowest BCUT2D eigenvalue weighted by Gasteiger charge is -2.44. The first-order valence-electron chi connectivity index (χ1n) is 17.9. The number of thioether (sulfide) groups is 1. The SMILES string of the molecule is COC1(CC2CCCCC2)CCN(c2ccc(/C(N)=N/S(=O)(=O)c3ccc(N[C@H](CCN(C)C)CSc4ccccc4)c([N+](=O)[O-])c3)cc2)CC1. The molecule has 0 radical (unpaired) electrons. The van der Waals surface area contributed by atoms with E-state index >= 15 is 0 Å². The maximum Gasteiger partial charge on any atom is 0.293 e. The molecule has 0 aromatic heterocycles. The van der Waals surface area contributed by atoms with Crippen LogP contribution in [0.5, 0.6) is 0 Å². The Kier molecular flexibility index (Phi) is 13.4. The minimum absolute atomic E-state index is 0.0670. The first kappa shape index (κ1) is 38.6.